The summed E-state index contributed by atoms with van der Waals surface area (Å²) in [6.45, 7) is 3.87. The topological polar surface area (TPSA) is 168 Å². The highest BCUT2D eigenvalue weighted by atomic mass is 32.2. The van der Waals surface area contributed by atoms with Crippen molar-refractivity contribution in [3.8, 4) is 22.6 Å². The van der Waals surface area contributed by atoms with E-state index < -0.39 is 15.8 Å². The van der Waals surface area contributed by atoms with Gasteiger partial charge in [0.1, 0.15) is 17.0 Å². The zero-order valence-electron chi connectivity index (χ0n) is 22.7. The number of nitrogens with one attached hydrogen (secondary N) is 3. The molecule has 0 spiro atoms. The number of allylic oxidation sites excluding steroid dienone is 4. The molecule has 4 aromatic heterocycles. The van der Waals surface area contributed by atoms with Crippen molar-refractivity contribution in [3.05, 3.63) is 95.4 Å². The molecule has 0 aliphatic rings. The fourth-order valence-electron chi connectivity index (χ4n) is 4.52. The number of nitrogens with zero attached hydrogens (tertiary/aromatic N) is 3. The monoisotopic (exact) mass is 572 g/mol. The lowest BCUT2D eigenvalue weighted by atomic mass is 10.0. The van der Waals surface area contributed by atoms with Gasteiger partial charge in [-0.25, -0.2) is 22.5 Å². The summed E-state index contributed by atoms with van der Waals surface area (Å²) in [7, 11) is -3.44. The zero-order chi connectivity index (χ0) is 29.3. The third-order valence-electron chi connectivity index (χ3n) is 6.23. The molecule has 0 saturated heterocycles. The van der Waals surface area contributed by atoms with E-state index in [1.54, 1.807) is 18.3 Å². The molecule has 0 radical (unpaired) electrons. The summed E-state index contributed by atoms with van der Waals surface area (Å²) in [4.78, 5) is 12.7. The molecule has 5 aromatic rings. The van der Waals surface area contributed by atoms with Gasteiger partial charge in [0.15, 0.2) is 0 Å². The summed E-state index contributed by atoms with van der Waals surface area (Å²) >= 11 is 0. The molecule has 0 saturated carbocycles. The lowest BCUT2D eigenvalue weighted by Gasteiger charge is -2.08. The highest BCUT2D eigenvalue weighted by Crippen LogP contribution is 2.33. The second-order valence-corrected chi connectivity index (χ2v) is 11.7. The van der Waals surface area contributed by atoms with Crippen LogP contribution in [-0.2, 0) is 16.6 Å². The standard InChI is InChI=1S/C29H29FN8O2S/c1-16(2)8-21(32)12-19(14-31)23-4-5-25-28(36-23)29(38-37-25)26-13-22-24(35-26)6-7-33-27(22)18-9-17(10-20(30)11-18)15-34-41(3,39)40/h4-14,34-35H,15,31-32H2,1-3H3,(H,37,38)/b19-14+,21-12+. The van der Waals surface area contributed by atoms with Gasteiger partial charge in [-0.05, 0) is 74.0 Å². The number of hydrogen-bond acceptors (Lipinski definition) is 7. The Morgan fingerprint density at radius 3 is 2.61 bits per heavy atom. The van der Waals surface area contributed by atoms with Crippen LogP contribution in [0.5, 0.6) is 0 Å². The number of nitrogens with two attached hydrogens (primary N) is 2. The van der Waals surface area contributed by atoms with Crippen LogP contribution < -0.4 is 16.2 Å². The van der Waals surface area contributed by atoms with E-state index in [1.807, 2.05) is 44.2 Å². The molecule has 0 aliphatic carbocycles. The number of hydrogen-bond donors (Lipinski definition) is 5. The Bertz CT molecular complexity index is 1980. The van der Waals surface area contributed by atoms with E-state index >= 15 is 0 Å². The van der Waals surface area contributed by atoms with Gasteiger partial charge in [-0.3, -0.25) is 10.1 Å². The molecular formula is C29H29FN8O2S. The lowest BCUT2D eigenvalue weighted by Crippen LogP contribution is -2.21. The third kappa shape index (κ3) is 6.18. The molecule has 0 fully saturated rings. The number of halogens is 1. The highest BCUT2D eigenvalue weighted by Gasteiger charge is 2.17. The first-order valence-electron chi connectivity index (χ1n) is 12.6. The summed E-state index contributed by atoms with van der Waals surface area (Å²) < 4.78 is 40.0. The molecule has 0 amide bonds. The average Bonchev–Trinajstić information content (AvgIpc) is 3.53. The van der Waals surface area contributed by atoms with Gasteiger partial charge in [0.25, 0.3) is 0 Å². The van der Waals surface area contributed by atoms with Crippen LogP contribution in [0.2, 0.25) is 0 Å². The van der Waals surface area contributed by atoms with Crippen molar-refractivity contribution in [1.82, 2.24) is 29.9 Å². The third-order valence-corrected chi connectivity index (χ3v) is 6.90. The number of benzene rings is 1. The fourth-order valence-corrected chi connectivity index (χ4v) is 4.95. The average molecular weight is 573 g/mol. The maximum absolute atomic E-state index is 14.5. The Labute approximate surface area is 236 Å². The molecule has 7 N–H and O–H groups in total. The van der Waals surface area contributed by atoms with Gasteiger partial charge in [-0.2, -0.15) is 5.10 Å². The maximum Gasteiger partial charge on any atom is 0.209 e. The molecule has 10 nitrogen and oxygen atoms in total. The molecule has 5 rings (SSSR count). The summed E-state index contributed by atoms with van der Waals surface area (Å²) in [6, 6.07) is 11.8. The molecule has 1 aromatic carbocycles. The zero-order valence-corrected chi connectivity index (χ0v) is 23.5. The van der Waals surface area contributed by atoms with Crippen molar-refractivity contribution < 1.29 is 12.8 Å². The first-order chi connectivity index (χ1) is 19.5. The predicted octanol–water partition coefficient (Wildman–Crippen LogP) is 4.46. The van der Waals surface area contributed by atoms with E-state index in [1.165, 1.54) is 18.3 Å². The summed E-state index contributed by atoms with van der Waals surface area (Å²) in [5.74, 6) is -0.500. The summed E-state index contributed by atoms with van der Waals surface area (Å²) in [6.07, 6.45) is 7.75. The maximum atomic E-state index is 14.5. The highest BCUT2D eigenvalue weighted by molar-refractivity contribution is 7.88. The fraction of sp³-hybridized carbons (Fsp3) is 0.138. The molecule has 210 valence electrons. The van der Waals surface area contributed by atoms with Crippen LogP contribution in [0.1, 0.15) is 25.1 Å². The first kappa shape index (κ1) is 27.7. The van der Waals surface area contributed by atoms with E-state index in [4.69, 9.17) is 16.5 Å². The minimum atomic E-state index is -3.44. The van der Waals surface area contributed by atoms with E-state index in [9.17, 15) is 12.8 Å². The van der Waals surface area contributed by atoms with Gasteiger partial charge in [0, 0.05) is 46.7 Å². The van der Waals surface area contributed by atoms with Crippen LogP contribution in [0.3, 0.4) is 0 Å². The van der Waals surface area contributed by atoms with Crippen LogP contribution in [0.4, 0.5) is 4.39 Å². The van der Waals surface area contributed by atoms with Crippen LogP contribution >= 0.6 is 0 Å². The molecule has 0 aliphatic heterocycles. The van der Waals surface area contributed by atoms with Gasteiger partial charge >= 0.3 is 0 Å². The van der Waals surface area contributed by atoms with Crippen LogP contribution in [-0.4, -0.2) is 39.8 Å². The minimum Gasteiger partial charge on any atom is -0.404 e. The van der Waals surface area contributed by atoms with Crippen molar-refractivity contribution in [2.24, 2.45) is 11.5 Å². The second kappa shape index (κ2) is 11.0. The molecule has 41 heavy (non-hydrogen) atoms. The Morgan fingerprint density at radius 2 is 1.88 bits per heavy atom. The molecule has 0 unspecified atom stereocenters. The van der Waals surface area contributed by atoms with E-state index in [0.29, 0.717) is 50.7 Å². The number of fused-ring (bicyclic) bond motifs is 2. The smallest absolute Gasteiger partial charge is 0.209 e. The molecule has 0 atom stereocenters. The number of aromatic amines is 2. The Balaban J connectivity index is 1.57. The first-order valence-corrected chi connectivity index (χ1v) is 14.5. The van der Waals surface area contributed by atoms with Crippen LogP contribution in [0.25, 0.3) is 50.2 Å². The molecule has 4 heterocycles. The van der Waals surface area contributed by atoms with Crippen molar-refractivity contribution in [2.75, 3.05) is 6.26 Å². The van der Waals surface area contributed by atoms with Gasteiger partial charge in [-0.1, -0.05) is 5.57 Å². The Morgan fingerprint density at radius 1 is 1.07 bits per heavy atom. The second-order valence-electron chi connectivity index (χ2n) is 9.90. The minimum absolute atomic E-state index is 0.0420. The number of rotatable bonds is 8. The van der Waals surface area contributed by atoms with Gasteiger partial charge in [0.2, 0.25) is 10.0 Å². The SMILES string of the molecule is CC(C)=C/C(N)=C\C(=C/N)c1ccc2[nH]nc(-c3cc4c(-c5cc(F)cc(CNS(C)(=O)=O)c5)nccc4[nH]3)c2n1. The number of pyridine rings is 2. The van der Waals surface area contributed by atoms with E-state index in [2.05, 4.69) is 24.9 Å². The molecular weight excluding hydrogens is 543 g/mol. The predicted molar refractivity (Wildman–Crippen MR) is 160 cm³/mol. The molecule has 0 bridgehead atoms. The van der Waals surface area contributed by atoms with Crippen LogP contribution in [0.15, 0.2) is 78.3 Å². The van der Waals surface area contributed by atoms with Crippen molar-refractivity contribution in [2.45, 2.75) is 20.4 Å². The van der Waals surface area contributed by atoms with E-state index in [0.717, 1.165) is 28.2 Å². The van der Waals surface area contributed by atoms with Gasteiger partial charge < -0.3 is 16.5 Å². The molecule has 12 heteroatoms. The van der Waals surface area contributed by atoms with Gasteiger partial charge in [0.05, 0.1) is 28.9 Å². The Kier molecular flexibility index (Phi) is 7.43. The van der Waals surface area contributed by atoms with Gasteiger partial charge in [-0.15, -0.1) is 0 Å². The van der Waals surface area contributed by atoms with Crippen molar-refractivity contribution in [1.29, 1.82) is 0 Å². The number of sulfonamides is 1. The summed E-state index contributed by atoms with van der Waals surface area (Å²) in [5.41, 5.74) is 19.8. The quantitative estimate of drug-likeness (QED) is 0.171. The number of aromatic nitrogens is 5. The Hall–Kier alpha value is -4.81. The lowest BCUT2D eigenvalue weighted by molar-refractivity contribution is 0.586. The normalized spacial score (nSPS) is 12.8. The summed E-state index contributed by atoms with van der Waals surface area (Å²) in [5, 5.41) is 8.25. The van der Waals surface area contributed by atoms with Crippen molar-refractivity contribution in [3.63, 3.8) is 0 Å². The van der Waals surface area contributed by atoms with E-state index in [-0.39, 0.29) is 6.54 Å². The number of H-pyrrole nitrogens is 2. The van der Waals surface area contributed by atoms with Crippen LogP contribution in [0, 0.1) is 5.82 Å². The van der Waals surface area contributed by atoms with Crippen molar-refractivity contribution >= 4 is 37.5 Å². The largest absolute Gasteiger partial charge is 0.404 e.